The number of benzene rings is 4. The molecule has 0 radical (unpaired) electrons. The Hall–Kier alpha value is -4.04. The number of nitrogens with zero attached hydrogens (tertiary/aromatic N) is 1. The summed E-state index contributed by atoms with van der Waals surface area (Å²) in [5, 5.41) is 3.89. The minimum Gasteiger partial charge on any atom is -0.354 e. The first-order valence-electron chi connectivity index (χ1n) is 11.3. The van der Waals surface area contributed by atoms with Gasteiger partial charge in [0.15, 0.2) is 0 Å². The molecular formula is C30H22N2. The normalized spacial score (nSPS) is 13.2. The van der Waals surface area contributed by atoms with Crippen molar-refractivity contribution in [1.82, 2.24) is 9.55 Å². The molecule has 1 N–H and O–H groups in total. The number of hydrogen-bond acceptors (Lipinski definition) is 0. The number of para-hydroxylation sites is 2. The Morgan fingerprint density at radius 1 is 0.656 bits per heavy atom. The standard InChI is InChI=1S/C30H22N2/c1-2-8-22(9-3-1)32-29-13-7-5-11-25(29)26-18-20(15-17-30(26)32)21-14-16-24-23-10-4-6-12-27(23)31-28(24)19-21/h1-6,8-12,14-19,31H,7,13H2. The fourth-order valence-electron chi connectivity index (χ4n) is 5.31. The van der Waals surface area contributed by atoms with E-state index in [0.29, 0.717) is 0 Å². The largest absolute Gasteiger partial charge is 0.354 e. The Morgan fingerprint density at radius 3 is 2.38 bits per heavy atom. The van der Waals surface area contributed by atoms with Gasteiger partial charge >= 0.3 is 0 Å². The average Bonchev–Trinajstić information content (AvgIpc) is 3.39. The first-order chi connectivity index (χ1) is 15.9. The van der Waals surface area contributed by atoms with Gasteiger partial charge in [-0.1, -0.05) is 66.7 Å². The molecule has 0 atom stereocenters. The molecule has 0 saturated heterocycles. The number of aromatic amines is 1. The molecule has 0 bridgehead atoms. The smallest absolute Gasteiger partial charge is 0.0538 e. The SMILES string of the molecule is C1=Cc2c(n(-c3ccccc3)c3ccc(-c4ccc5c(c4)[nH]c4ccccc45)cc23)CC1. The summed E-state index contributed by atoms with van der Waals surface area (Å²) in [6.07, 6.45) is 6.79. The van der Waals surface area contributed by atoms with Crippen LogP contribution in [0.25, 0.3) is 55.6 Å². The lowest BCUT2D eigenvalue weighted by Crippen LogP contribution is -2.02. The van der Waals surface area contributed by atoms with E-state index in [2.05, 4.69) is 113 Å². The van der Waals surface area contributed by atoms with Gasteiger partial charge in [-0.15, -0.1) is 0 Å². The van der Waals surface area contributed by atoms with Gasteiger partial charge in [0.05, 0.1) is 5.52 Å². The highest BCUT2D eigenvalue weighted by Crippen LogP contribution is 2.37. The molecule has 2 nitrogen and oxygen atoms in total. The molecule has 0 aliphatic heterocycles. The van der Waals surface area contributed by atoms with Crippen molar-refractivity contribution in [3.8, 4) is 16.8 Å². The van der Waals surface area contributed by atoms with Crippen molar-refractivity contribution < 1.29 is 0 Å². The molecule has 2 aromatic heterocycles. The minimum atomic E-state index is 1.08. The molecule has 7 rings (SSSR count). The average molecular weight is 411 g/mol. The van der Waals surface area contributed by atoms with E-state index in [1.54, 1.807) is 0 Å². The van der Waals surface area contributed by atoms with Crippen molar-refractivity contribution in [3.63, 3.8) is 0 Å². The van der Waals surface area contributed by atoms with Crippen LogP contribution in [0.3, 0.4) is 0 Å². The lowest BCUT2D eigenvalue weighted by atomic mass is 9.98. The maximum Gasteiger partial charge on any atom is 0.0538 e. The predicted octanol–water partition coefficient (Wildman–Crippen LogP) is 7.89. The van der Waals surface area contributed by atoms with Crippen molar-refractivity contribution in [2.75, 3.05) is 0 Å². The van der Waals surface area contributed by atoms with Crippen molar-refractivity contribution in [3.05, 3.63) is 108 Å². The van der Waals surface area contributed by atoms with Crippen molar-refractivity contribution in [2.24, 2.45) is 0 Å². The van der Waals surface area contributed by atoms with Gasteiger partial charge in [0.2, 0.25) is 0 Å². The van der Waals surface area contributed by atoms with E-state index in [9.17, 15) is 0 Å². The molecule has 0 spiro atoms. The molecular weight excluding hydrogens is 388 g/mol. The fourth-order valence-corrected chi connectivity index (χ4v) is 5.31. The number of fused-ring (bicyclic) bond motifs is 6. The van der Waals surface area contributed by atoms with E-state index >= 15 is 0 Å². The predicted molar refractivity (Wildman–Crippen MR) is 135 cm³/mol. The van der Waals surface area contributed by atoms with Gasteiger partial charge in [-0.2, -0.15) is 0 Å². The molecule has 0 fully saturated rings. The minimum absolute atomic E-state index is 1.08. The summed E-state index contributed by atoms with van der Waals surface area (Å²) in [6, 6.07) is 33.0. The molecule has 1 aliphatic rings. The van der Waals surface area contributed by atoms with Gasteiger partial charge in [-0.25, -0.2) is 0 Å². The molecule has 1 aliphatic carbocycles. The maximum atomic E-state index is 3.59. The van der Waals surface area contributed by atoms with Gasteiger partial charge in [0, 0.05) is 44.1 Å². The summed E-state index contributed by atoms with van der Waals surface area (Å²) >= 11 is 0. The van der Waals surface area contributed by atoms with E-state index < -0.39 is 0 Å². The Balaban J connectivity index is 1.44. The van der Waals surface area contributed by atoms with Gasteiger partial charge in [0.25, 0.3) is 0 Å². The molecule has 32 heavy (non-hydrogen) atoms. The van der Waals surface area contributed by atoms with E-state index in [0.717, 1.165) is 12.8 Å². The maximum absolute atomic E-state index is 3.59. The van der Waals surface area contributed by atoms with Crippen LogP contribution in [0.4, 0.5) is 0 Å². The van der Waals surface area contributed by atoms with Crippen LogP contribution < -0.4 is 0 Å². The molecule has 2 heteroatoms. The van der Waals surface area contributed by atoms with Crippen LogP contribution in [0.2, 0.25) is 0 Å². The highest BCUT2D eigenvalue weighted by Gasteiger charge is 2.19. The van der Waals surface area contributed by atoms with Crippen molar-refractivity contribution >= 4 is 38.8 Å². The van der Waals surface area contributed by atoms with Crippen LogP contribution in [0.1, 0.15) is 17.7 Å². The number of nitrogens with one attached hydrogen (secondary N) is 1. The van der Waals surface area contributed by atoms with Gasteiger partial charge in [-0.3, -0.25) is 0 Å². The highest BCUT2D eigenvalue weighted by atomic mass is 15.0. The van der Waals surface area contributed by atoms with Crippen LogP contribution in [0, 0.1) is 0 Å². The van der Waals surface area contributed by atoms with Crippen molar-refractivity contribution in [1.29, 1.82) is 0 Å². The topological polar surface area (TPSA) is 20.7 Å². The third kappa shape index (κ3) is 2.53. The Labute approximate surface area is 186 Å². The molecule has 0 unspecified atom stereocenters. The summed E-state index contributed by atoms with van der Waals surface area (Å²) in [7, 11) is 0. The van der Waals surface area contributed by atoms with Gasteiger partial charge in [0.1, 0.15) is 0 Å². The van der Waals surface area contributed by atoms with Crippen LogP contribution in [0.15, 0.2) is 97.1 Å². The van der Waals surface area contributed by atoms with Crippen LogP contribution in [-0.2, 0) is 6.42 Å². The first kappa shape index (κ1) is 17.6. The van der Waals surface area contributed by atoms with Crippen LogP contribution in [-0.4, -0.2) is 9.55 Å². The molecule has 6 aromatic rings. The van der Waals surface area contributed by atoms with Gasteiger partial charge in [-0.05, 0) is 60.4 Å². The monoisotopic (exact) mass is 410 g/mol. The molecule has 0 amide bonds. The second-order valence-electron chi connectivity index (χ2n) is 8.64. The zero-order valence-electron chi connectivity index (χ0n) is 17.7. The number of aromatic nitrogens is 2. The number of rotatable bonds is 2. The summed E-state index contributed by atoms with van der Waals surface area (Å²) in [6.45, 7) is 0. The Morgan fingerprint density at radius 2 is 1.44 bits per heavy atom. The summed E-state index contributed by atoms with van der Waals surface area (Å²) in [5.41, 5.74) is 10.2. The van der Waals surface area contributed by atoms with Gasteiger partial charge < -0.3 is 9.55 Å². The van der Waals surface area contributed by atoms with Crippen LogP contribution in [0.5, 0.6) is 0 Å². The van der Waals surface area contributed by atoms with E-state index in [1.165, 1.54) is 60.8 Å². The second-order valence-corrected chi connectivity index (χ2v) is 8.64. The quantitative estimate of drug-likeness (QED) is 0.300. The summed E-state index contributed by atoms with van der Waals surface area (Å²) < 4.78 is 2.44. The number of hydrogen-bond donors (Lipinski definition) is 1. The molecule has 0 saturated carbocycles. The lowest BCUT2D eigenvalue weighted by Gasteiger charge is -2.13. The molecule has 4 aromatic carbocycles. The first-order valence-corrected chi connectivity index (χ1v) is 11.3. The number of allylic oxidation sites excluding steroid dienone is 1. The number of H-pyrrole nitrogens is 1. The zero-order chi connectivity index (χ0) is 21.1. The summed E-state index contributed by atoms with van der Waals surface area (Å²) in [4.78, 5) is 3.59. The third-order valence-electron chi connectivity index (χ3n) is 6.79. The van der Waals surface area contributed by atoms with E-state index in [-0.39, 0.29) is 0 Å². The fraction of sp³-hybridized carbons (Fsp3) is 0.0667. The zero-order valence-corrected chi connectivity index (χ0v) is 17.7. The van der Waals surface area contributed by atoms with Crippen LogP contribution >= 0.6 is 0 Å². The second kappa shape index (κ2) is 6.73. The third-order valence-corrected chi connectivity index (χ3v) is 6.79. The summed E-state index contributed by atoms with van der Waals surface area (Å²) in [5.74, 6) is 0. The lowest BCUT2D eigenvalue weighted by molar-refractivity contribution is 0.888. The Bertz CT molecular complexity index is 1660. The van der Waals surface area contributed by atoms with E-state index in [4.69, 9.17) is 0 Å². The molecule has 2 heterocycles. The van der Waals surface area contributed by atoms with Crippen molar-refractivity contribution in [2.45, 2.75) is 12.8 Å². The highest BCUT2D eigenvalue weighted by molar-refractivity contribution is 6.08. The molecule has 152 valence electrons. The van der Waals surface area contributed by atoms with E-state index in [1.807, 2.05) is 0 Å². The Kier molecular flexibility index (Phi) is 3.71.